The molecule has 0 bridgehead atoms. The van der Waals surface area contributed by atoms with Crippen LogP contribution in [-0.2, 0) is 0 Å². The molecular weight excluding hydrogens is 268 g/mol. The molecule has 1 fully saturated rings. The summed E-state index contributed by atoms with van der Waals surface area (Å²) < 4.78 is 0. The van der Waals surface area contributed by atoms with Crippen molar-refractivity contribution in [3.05, 3.63) is 40.7 Å². The lowest BCUT2D eigenvalue weighted by Crippen LogP contribution is -2.44. The minimum atomic E-state index is -0.335. The van der Waals surface area contributed by atoms with Crippen LogP contribution in [0.3, 0.4) is 0 Å². The highest BCUT2D eigenvalue weighted by atomic mass is 16.6. The zero-order valence-electron chi connectivity index (χ0n) is 12.0. The molecule has 2 aromatic rings. The standard InChI is InChI=1S/C15H18N4O2/c1-16-11-3-2-8-18(10-11)14-4-5-15(19(20)21)12-6-7-17-9-13(12)14/h4-7,9,11,16H,2-3,8,10H2,1H3. The fourth-order valence-electron chi connectivity index (χ4n) is 3.03. The maximum atomic E-state index is 11.2. The Balaban J connectivity index is 2.07. The number of nitrogens with zero attached hydrogens (tertiary/aromatic N) is 3. The molecular formula is C15H18N4O2. The summed E-state index contributed by atoms with van der Waals surface area (Å²) in [6, 6.07) is 5.62. The number of anilines is 1. The highest BCUT2D eigenvalue weighted by molar-refractivity contribution is 5.99. The molecule has 3 rings (SSSR count). The number of fused-ring (bicyclic) bond motifs is 1. The molecule has 0 saturated carbocycles. The van der Waals surface area contributed by atoms with Gasteiger partial charge in [0.2, 0.25) is 0 Å². The first-order valence-corrected chi connectivity index (χ1v) is 7.14. The van der Waals surface area contributed by atoms with E-state index in [1.807, 2.05) is 13.1 Å². The molecule has 1 aliphatic heterocycles. The minimum Gasteiger partial charge on any atom is -0.369 e. The average molecular weight is 286 g/mol. The Bertz CT molecular complexity index is 674. The van der Waals surface area contributed by atoms with Crippen LogP contribution in [0.15, 0.2) is 30.6 Å². The second-order valence-corrected chi connectivity index (χ2v) is 5.36. The maximum absolute atomic E-state index is 11.2. The number of non-ortho nitro benzene ring substituents is 1. The molecule has 1 unspecified atom stereocenters. The number of benzene rings is 1. The fraction of sp³-hybridized carbons (Fsp3) is 0.400. The molecule has 21 heavy (non-hydrogen) atoms. The average Bonchev–Trinajstić information content (AvgIpc) is 2.53. The third-order valence-corrected chi connectivity index (χ3v) is 4.14. The number of pyridine rings is 1. The van der Waals surface area contributed by atoms with Gasteiger partial charge in [-0.15, -0.1) is 0 Å². The highest BCUT2D eigenvalue weighted by Gasteiger charge is 2.22. The largest absolute Gasteiger partial charge is 0.369 e. The summed E-state index contributed by atoms with van der Waals surface area (Å²) in [4.78, 5) is 17.3. The van der Waals surface area contributed by atoms with E-state index in [0.717, 1.165) is 37.0 Å². The normalized spacial score (nSPS) is 18.9. The molecule has 1 aliphatic rings. The SMILES string of the molecule is CNC1CCCN(c2ccc([N+](=O)[O-])c3ccncc23)C1. The molecule has 1 atom stereocenters. The van der Waals surface area contributed by atoms with Gasteiger partial charge in [0, 0.05) is 48.7 Å². The van der Waals surface area contributed by atoms with Gasteiger partial charge >= 0.3 is 0 Å². The third-order valence-electron chi connectivity index (χ3n) is 4.14. The molecule has 6 heteroatoms. The lowest BCUT2D eigenvalue weighted by Gasteiger charge is -2.34. The van der Waals surface area contributed by atoms with E-state index in [0.29, 0.717) is 11.4 Å². The van der Waals surface area contributed by atoms with Gasteiger partial charge < -0.3 is 10.2 Å². The van der Waals surface area contributed by atoms with Crippen LogP contribution in [0.5, 0.6) is 0 Å². The quantitative estimate of drug-likeness (QED) is 0.692. The predicted octanol–water partition coefficient (Wildman–Crippen LogP) is 2.33. The van der Waals surface area contributed by atoms with Gasteiger partial charge in [-0.25, -0.2) is 0 Å². The summed E-state index contributed by atoms with van der Waals surface area (Å²) in [5.74, 6) is 0. The van der Waals surface area contributed by atoms with E-state index in [2.05, 4.69) is 15.2 Å². The topological polar surface area (TPSA) is 71.3 Å². The zero-order chi connectivity index (χ0) is 14.8. The van der Waals surface area contributed by atoms with E-state index in [1.165, 1.54) is 0 Å². The summed E-state index contributed by atoms with van der Waals surface area (Å²) >= 11 is 0. The van der Waals surface area contributed by atoms with E-state index >= 15 is 0 Å². The number of rotatable bonds is 3. The first-order chi connectivity index (χ1) is 10.2. The van der Waals surface area contributed by atoms with Crippen molar-refractivity contribution in [2.75, 3.05) is 25.0 Å². The molecule has 6 nitrogen and oxygen atoms in total. The van der Waals surface area contributed by atoms with Crippen molar-refractivity contribution in [2.45, 2.75) is 18.9 Å². The minimum absolute atomic E-state index is 0.137. The fourth-order valence-corrected chi connectivity index (χ4v) is 3.03. The molecule has 1 N–H and O–H groups in total. The molecule has 0 amide bonds. The van der Waals surface area contributed by atoms with Gasteiger partial charge in [-0.05, 0) is 32.0 Å². The Hall–Kier alpha value is -2.21. The van der Waals surface area contributed by atoms with Crippen LogP contribution < -0.4 is 10.2 Å². The van der Waals surface area contributed by atoms with E-state index in [9.17, 15) is 10.1 Å². The Morgan fingerprint density at radius 3 is 3.00 bits per heavy atom. The first-order valence-electron chi connectivity index (χ1n) is 7.14. The molecule has 110 valence electrons. The Morgan fingerprint density at radius 1 is 1.38 bits per heavy atom. The van der Waals surface area contributed by atoms with Gasteiger partial charge in [0.05, 0.1) is 10.3 Å². The van der Waals surface area contributed by atoms with Crippen molar-refractivity contribution in [3.63, 3.8) is 0 Å². The number of likely N-dealkylation sites (N-methyl/N-ethyl adjacent to an activating group) is 1. The van der Waals surface area contributed by atoms with Gasteiger partial charge in [-0.3, -0.25) is 15.1 Å². The van der Waals surface area contributed by atoms with Crippen LogP contribution in [0.25, 0.3) is 10.8 Å². The summed E-state index contributed by atoms with van der Waals surface area (Å²) in [5.41, 5.74) is 1.17. The van der Waals surface area contributed by atoms with Crippen LogP contribution in [0, 0.1) is 10.1 Å². The number of hydrogen-bond donors (Lipinski definition) is 1. The van der Waals surface area contributed by atoms with Gasteiger partial charge in [0.15, 0.2) is 0 Å². The van der Waals surface area contributed by atoms with E-state index in [1.54, 1.807) is 24.5 Å². The van der Waals surface area contributed by atoms with Crippen LogP contribution in [0.4, 0.5) is 11.4 Å². The van der Waals surface area contributed by atoms with Crippen molar-refractivity contribution in [3.8, 4) is 0 Å². The molecule has 1 aromatic heterocycles. The van der Waals surface area contributed by atoms with E-state index in [4.69, 9.17) is 0 Å². The number of nitro benzene ring substituents is 1. The zero-order valence-corrected chi connectivity index (χ0v) is 12.0. The lowest BCUT2D eigenvalue weighted by atomic mass is 10.0. The number of nitrogens with one attached hydrogen (secondary N) is 1. The second-order valence-electron chi connectivity index (χ2n) is 5.36. The van der Waals surface area contributed by atoms with Crippen molar-refractivity contribution < 1.29 is 4.92 Å². The number of nitro groups is 1. The monoisotopic (exact) mass is 286 g/mol. The molecule has 1 aromatic carbocycles. The summed E-state index contributed by atoms with van der Waals surface area (Å²) in [7, 11) is 1.98. The molecule has 2 heterocycles. The first kappa shape index (κ1) is 13.8. The molecule has 0 radical (unpaired) electrons. The highest BCUT2D eigenvalue weighted by Crippen LogP contribution is 2.34. The number of aromatic nitrogens is 1. The second kappa shape index (κ2) is 5.65. The number of hydrogen-bond acceptors (Lipinski definition) is 5. The van der Waals surface area contributed by atoms with Crippen molar-refractivity contribution in [2.24, 2.45) is 0 Å². The summed E-state index contributed by atoms with van der Waals surface area (Å²) in [6.45, 7) is 1.89. The van der Waals surface area contributed by atoms with Crippen LogP contribution in [-0.4, -0.2) is 36.1 Å². The Labute approximate surface area is 122 Å². The molecule has 0 aliphatic carbocycles. The lowest BCUT2D eigenvalue weighted by molar-refractivity contribution is -0.383. The predicted molar refractivity (Wildman–Crippen MR) is 82.7 cm³/mol. The Kier molecular flexibility index (Phi) is 3.70. The van der Waals surface area contributed by atoms with Gasteiger partial charge in [-0.2, -0.15) is 0 Å². The third kappa shape index (κ3) is 2.54. The van der Waals surface area contributed by atoms with E-state index in [-0.39, 0.29) is 10.6 Å². The summed E-state index contributed by atoms with van der Waals surface area (Å²) in [6.07, 6.45) is 5.60. The van der Waals surface area contributed by atoms with Crippen LogP contribution in [0.1, 0.15) is 12.8 Å². The summed E-state index contributed by atoms with van der Waals surface area (Å²) in [5, 5.41) is 16.0. The van der Waals surface area contributed by atoms with Crippen molar-refractivity contribution in [1.82, 2.24) is 10.3 Å². The Morgan fingerprint density at radius 2 is 2.24 bits per heavy atom. The van der Waals surface area contributed by atoms with Crippen LogP contribution >= 0.6 is 0 Å². The molecule has 1 saturated heterocycles. The van der Waals surface area contributed by atoms with Crippen LogP contribution in [0.2, 0.25) is 0 Å². The van der Waals surface area contributed by atoms with Gasteiger partial charge in [0.25, 0.3) is 5.69 Å². The van der Waals surface area contributed by atoms with Gasteiger partial charge in [-0.1, -0.05) is 0 Å². The number of piperidine rings is 1. The van der Waals surface area contributed by atoms with Gasteiger partial charge in [0.1, 0.15) is 0 Å². The smallest absolute Gasteiger partial charge is 0.277 e. The van der Waals surface area contributed by atoms with Crippen molar-refractivity contribution in [1.29, 1.82) is 0 Å². The van der Waals surface area contributed by atoms with E-state index < -0.39 is 0 Å². The molecule has 0 spiro atoms. The van der Waals surface area contributed by atoms with Crippen molar-refractivity contribution >= 4 is 22.1 Å². The maximum Gasteiger partial charge on any atom is 0.277 e.